The molecular formula is C24H23FN2O3. The highest BCUT2D eigenvalue weighted by atomic mass is 19.1. The summed E-state index contributed by atoms with van der Waals surface area (Å²) in [6.07, 6.45) is 1.58. The van der Waals surface area contributed by atoms with Gasteiger partial charge < -0.3 is 14.7 Å². The van der Waals surface area contributed by atoms with E-state index in [2.05, 4.69) is 4.98 Å². The third kappa shape index (κ3) is 3.66. The molecule has 0 atom stereocenters. The van der Waals surface area contributed by atoms with Crippen LogP contribution in [-0.4, -0.2) is 28.0 Å². The first-order valence-electron chi connectivity index (χ1n) is 9.71. The second-order valence-electron chi connectivity index (χ2n) is 7.95. The summed E-state index contributed by atoms with van der Waals surface area (Å²) in [7, 11) is 1.49. The Balaban J connectivity index is 1.63. The van der Waals surface area contributed by atoms with E-state index in [1.54, 1.807) is 37.1 Å². The van der Waals surface area contributed by atoms with Crippen molar-refractivity contribution in [2.45, 2.75) is 32.5 Å². The van der Waals surface area contributed by atoms with Crippen molar-refractivity contribution in [3.8, 4) is 16.9 Å². The second kappa shape index (κ2) is 7.54. The number of amides is 1. The van der Waals surface area contributed by atoms with Crippen LogP contribution in [-0.2, 0) is 18.7 Å². The van der Waals surface area contributed by atoms with Crippen LogP contribution in [0.1, 0.15) is 41.0 Å². The van der Waals surface area contributed by atoms with Gasteiger partial charge in [0.2, 0.25) is 0 Å². The monoisotopic (exact) mass is 406 g/mol. The van der Waals surface area contributed by atoms with Crippen molar-refractivity contribution in [2.75, 3.05) is 7.11 Å². The van der Waals surface area contributed by atoms with Gasteiger partial charge in [0, 0.05) is 23.9 Å². The number of carbonyl (C=O) groups excluding carboxylic acids is 1. The van der Waals surface area contributed by atoms with E-state index in [1.807, 2.05) is 30.3 Å². The molecule has 0 bridgehead atoms. The van der Waals surface area contributed by atoms with Gasteiger partial charge in [-0.2, -0.15) is 0 Å². The summed E-state index contributed by atoms with van der Waals surface area (Å²) in [5, 5.41) is 10.1. The Morgan fingerprint density at radius 1 is 1.17 bits per heavy atom. The molecule has 0 saturated heterocycles. The fourth-order valence-corrected chi connectivity index (χ4v) is 3.69. The molecule has 0 aliphatic carbocycles. The first-order valence-corrected chi connectivity index (χ1v) is 9.71. The fraction of sp³-hybridized carbons (Fsp3) is 0.250. The Kier molecular flexibility index (Phi) is 5.03. The third-order valence-corrected chi connectivity index (χ3v) is 5.39. The molecule has 0 unspecified atom stereocenters. The lowest BCUT2D eigenvalue weighted by atomic mass is 9.95. The fourth-order valence-electron chi connectivity index (χ4n) is 3.69. The molecule has 4 rings (SSSR count). The molecule has 30 heavy (non-hydrogen) atoms. The molecule has 1 aromatic heterocycles. The van der Waals surface area contributed by atoms with Crippen LogP contribution in [0.3, 0.4) is 0 Å². The van der Waals surface area contributed by atoms with Crippen LogP contribution < -0.4 is 4.74 Å². The third-order valence-electron chi connectivity index (χ3n) is 5.39. The summed E-state index contributed by atoms with van der Waals surface area (Å²) in [5.41, 5.74) is 2.88. The summed E-state index contributed by atoms with van der Waals surface area (Å²) < 4.78 is 20.5. The molecule has 2 heterocycles. The van der Waals surface area contributed by atoms with Gasteiger partial charge in [0.15, 0.2) is 0 Å². The second-order valence-corrected chi connectivity index (χ2v) is 7.95. The molecule has 5 nitrogen and oxygen atoms in total. The molecule has 0 saturated carbocycles. The van der Waals surface area contributed by atoms with Crippen molar-refractivity contribution in [3.05, 3.63) is 82.9 Å². The molecule has 1 amide bonds. The number of ether oxygens (including phenoxy) is 1. The number of methoxy groups -OCH3 is 1. The van der Waals surface area contributed by atoms with Crippen LogP contribution in [0, 0.1) is 5.82 Å². The lowest BCUT2D eigenvalue weighted by Crippen LogP contribution is -2.24. The first-order chi connectivity index (χ1) is 14.3. The van der Waals surface area contributed by atoms with Gasteiger partial charge in [-0.15, -0.1) is 0 Å². The van der Waals surface area contributed by atoms with Gasteiger partial charge in [-0.05, 0) is 48.7 Å². The van der Waals surface area contributed by atoms with Crippen molar-refractivity contribution < 1.29 is 19.0 Å². The smallest absolute Gasteiger partial charge is 0.273 e. The summed E-state index contributed by atoms with van der Waals surface area (Å²) >= 11 is 0. The lowest BCUT2D eigenvalue weighted by molar-refractivity contribution is 0.0758. The van der Waals surface area contributed by atoms with E-state index in [1.165, 1.54) is 13.2 Å². The van der Waals surface area contributed by atoms with Crippen molar-refractivity contribution in [2.24, 2.45) is 0 Å². The molecular weight excluding hydrogens is 383 g/mol. The molecule has 154 valence electrons. The van der Waals surface area contributed by atoms with Gasteiger partial charge in [0.25, 0.3) is 5.91 Å². The van der Waals surface area contributed by atoms with Crippen molar-refractivity contribution in [1.82, 2.24) is 9.88 Å². The number of aromatic nitrogens is 1. The van der Waals surface area contributed by atoms with Crippen molar-refractivity contribution in [1.29, 1.82) is 0 Å². The van der Waals surface area contributed by atoms with Gasteiger partial charge >= 0.3 is 0 Å². The van der Waals surface area contributed by atoms with Crippen LogP contribution in [0.4, 0.5) is 4.39 Å². The van der Waals surface area contributed by atoms with E-state index in [0.717, 1.165) is 16.7 Å². The minimum absolute atomic E-state index is 0.0993. The van der Waals surface area contributed by atoms with E-state index >= 15 is 4.39 Å². The van der Waals surface area contributed by atoms with Crippen LogP contribution >= 0.6 is 0 Å². The maximum atomic E-state index is 15.1. The van der Waals surface area contributed by atoms with Gasteiger partial charge in [-0.3, -0.25) is 9.78 Å². The van der Waals surface area contributed by atoms with E-state index < -0.39 is 11.4 Å². The van der Waals surface area contributed by atoms with E-state index in [0.29, 0.717) is 29.1 Å². The minimum atomic E-state index is -0.944. The Morgan fingerprint density at radius 3 is 2.53 bits per heavy atom. The van der Waals surface area contributed by atoms with E-state index in [9.17, 15) is 9.90 Å². The molecule has 1 N–H and O–H groups in total. The molecule has 2 aromatic carbocycles. The maximum absolute atomic E-state index is 15.1. The zero-order valence-corrected chi connectivity index (χ0v) is 17.1. The average Bonchev–Trinajstić information content (AvgIpc) is 3.04. The molecule has 1 aliphatic rings. The predicted octanol–water partition coefficient (Wildman–Crippen LogP) is 4.28. The molecule has 0 radical (unpaired) electrons. The average molecular weight is 406 g/mol. The number of nitrogens with zero attached hydrogens (tertiary/aromatic N) is 2. The normalized spacial score (nSPS) is 13.5. The standard InChI is InChI=1S/C24H23FN2O3/c1-24(2,29)18-8-6-15(7-9-18)17-11-20(25)19(21(12-17)30-3)14-27-13-16-5-4-10-26-22(16)23(27)28/h4-12,29H,13-14H2,1-3H3. The van der Waals surface area contributed by atoms with Gasteiger partial charge in [0.05, 0.1) is 19.3 Å². The van der Waals surface area contributed by atoms with Crippen LogP contribution in [0.5, 0.6) is 5.75 Å². The summed E-state index contributed by atoms with van der Waals surface area (Å²) in [6.45, 7) is 3.92. The quantitative estimate of drug-likeness (QED) is 0.687. The van der Waals surface area contributed by atoms with Crippen LogP contribution in [0.25, 0.3) is 11.1 Å². The number of aliphatic hydroxyl groups is 1. The predicted molar refractivity (Wildman–Crippen MR) is 111 cm³/mol. The van der Waals surface area contributed by atoms with Crippen LogP contribution in [0.15, 0.2) is 54.7 Å². The number of hydrogen-bond donors (Lipinski definition) is 1. The van der Waals surface area contributed by atoms with Crippen molar-refractivity contribution in [3.63, 3.8) is 0 Å². The first kappa shape index (κ1) is 20.0. The zero-order valence-electron chi connectivity index (χ0n) is 17.1. The van der Waals surface area contributed by atoms with Gasteiger partial charge in [0.1, 0.15) is 17.3 Å². The number of rotatable bonds is 5. The van der Waals surface area contributed by atoms with Gasteiger partial charge in [-0.1, -0.05) is 30.3 Å². The summed E-state index contributed by atoms with van der Waals surface area (Å²) in [4.78, 5) is 18.3. The number of pyridine rings is 1. The van der Waals surface area contributed by atoms with E-state index in [4.69, 9.17) is 4.74 Å². The Bertz CT molecular complexity index is 1100. The summed E-state index contributed by atoms with van der Waals surface area (Å²) in [5.74, 6) is -0.265. The minimum Gasteiger partial charge on any atom is -0.496 e. The SMILES string of the molecule is COc1cc(-c2ccc(C(C)(C)O)cc2)cc(F)c1CN1Cc2cccnc2C1=O. The van der Waals surface area contributed by atoms with E-state index in [-0.39, 0.29) is 12.5 Å². The molecule has 1 aliphatic heterocycles. The summed E-state index contributed by atoms with van der Waals surface area (Å²) in [6, 6.07) is 14.2. The number of benzene rings is 2. The molecule has 0 fully saturated rings. The number of hydrogen-bond acceptors (Lipinski definition) is 4. The molecule has 0 spiro atoms. The highest BCUT2D eigenvalue weighted by molar-refractivity contribution is 5.96. The zero-order chi connectivity index (χ0) is 21.5. The number of halogens is 1. The Morgan fingerprint density at radius 2 is 1.90 bits per heavy atom. The molecule has 3 aromatic rings. The maximum Gasteiger partial charge on any atom is 0.273 e. The molecule has 6 heteroatoms. The highest BCUT2D eigenvalue weighted by Gasteiger charge is 2.30. The Labute approximate surface area is 174 Å². The van der Waals surface area contributed by atoms with Crippen molar-refractivity contribution >= 4 is 5.91 Å². The topological polar surface area (TPSA) is 62.7 Å². The highest BCUT2D eigenvalue weighted by Crippen LogP contribution is 2.33. The van der Waals surface area contributed by atoms with Gasteiger partial charge in [-0.25, -0.2) is 4.39 Å². The van der Waals surface area contributed by atoms with Crippen LogP contribution in [0.2, 0.25) is 0 Å². The number of fused-ring (bicyclic) bond motifs is 1. The Hall–Kier alpha value is -3.25. The number of carbonyl (C=O) groups is 1. The largest absolute Gasteiger partial charge is 0.496 e. The lowest BCUT2D eigenvalue weighted by Gasteiger charge is -2.20.